The van der Waals surface area contributed by atoms with E-state index in [4.69, 9.17) is 10.2 Å². The van der Waals surface area contributed by atoms with Gasteiger partial charge in [-0.2, -0.15) is 0 Å². The van der Waals surface area contributed by atoms with Crippen molar-refractivity contribution in [3.63, 3.8) is 0 Å². The minimum Gasteiger partial charge on any atom is -0.459 e. The van der Waals surface area contributed by atoms with Gasteiger partial charge >= 0.3 is 0 Å². The molecule has 0 aliphatic heterocycles. The van der Waals surface area contributed by atoms with Crippen molar-refractivity contribution >= 4 is 15.9 Å². The molecule has 1 aromatic carbocycles. The van der Waals surface area contributed by atoms with Gasteiger partial charge < -0.3 is 10.2 Å². The third kappa shape index (κ3) is 2.13. The zero-order valence-corrected chi connectivity index (χ0v) is 9.99. The molecular weight excluding hydrogens is 254 g/mol. The molecule has 1 heterocycles. The van der Waals surface area contributed by atoms with Gasteiger partial charge in [0.15, 0.2) is 0 Å². The molecule has 2 aromatic rings. The summed E-state index contributed by atoms with van der Waals surface area (Å²) in [7, 11) is 0. The Morgan fingerprint density at radius 1 is 1.20 bits per heavy atom. The fourth-order valence-electron chi connectivity index (χ4n) is 1.40. The van der Waals surface area contributed by atoms with Crippen LogP contribution in [0.25, 0.3) is 11.3 Å². The predicted octanol–water partition coefficient (Wildman–Crippen LogP) is 3.73. The van der Waals surface area contributed by atoms with E-state index in [9.17, 15) is 0 Å². The Bertz CT molecular complexity index is 462. The van der Waals surface area contributed by atoms with E-state index < -0.39 is 0 Å². The summed E-state index contributed by atoms with van der Waals surface area (Å²) in [6, 6.07) is 11.7. The number of benzene rings is 1. The number of nitrogens with two attached hydrogens (primary N) is 1. The number of rotatable bonds is 2. The van der Waals surface area contributed by atoms with Crippen molar-refractivity contribution in [2.45, 2.75) is 13.0 Å². The first-order valence-corrected chi connectivity index (χ1v) is 5.58. The minimum atomic E-state index is -0.0683. The molecule has 0 spiro atoms. The first-order valence-electron chi connectivity index (χ1n) is 4.78. The normalized spacial score (nSPS) is 12.7. The Balaban J connectivity index is 2.42. The van der Waals surface area contributed by atoms with Crippen LogP contribution in [-0.4, -0.2) is 0 Å². The molecular formula is C12H12BrNO. The molecule has 0 bridgehead atoms. The molecule has 0 saturated carbocycles. The number of halogens is 1. The largest absolute Gasteiger partial charge is 0.459 e. The standard InChI is InChI=1S/C12H12BrNO/c1-8(14)11-6-7-12(15-11)9-4-2-3-5-10(9)13/h2-8H,14H2,1H3. The van der Waals surface area contributed by atoms with Gasteiger partial charge in [-0.05, 0) is 25.1 Å². The van der Waals surface area contributed by atoms with Crippen molar-refractivity contribution in [1.82, 2.24) is 0 Å². The SMILES string of the molecule is CC(N)c1ccc(-c2ccccc2Br)o1. The fraction of sp³-hybridized carbons (Fsp3) is 0.167. The molecule has 0 fully saturated rings. The molecule has 2 N–H and O–H groups in total. The quantitative estimate of drug-likeness (QED) is 0.899. The van der Waals surface area contributed by atoms with Crippen molar-refractivity contribution < 1.29 is 4.42 Å². The van der Waals surface area contributed by atoms with Gasteiger partial charge in [-0.25, -0.2) is 0 Å². The topological polar surface area (TPSA) is 39.2 Å². The highest BCUT2D eigenvalue weighted by Crippen LogP contribution is 2.30. The maximum Gasteiger partial charge on any atom is 0.135 e. The number of hydrogen-bond donors (Lipinski definition) is 1. The first kappa shape index (κ1) is 10.5. The Kier molecular flexibility index (Phi) is 2.93. The maximum atomic E-state index is 5.74. The summed E-state index contributed by atoms with van der Waals surface area (Å²) in [5.41, 5.74) is 6.78. The molecule has 2 rings (SSSR count). The summed E-state index contributed by atoms with van der Waals surface area (Å²) in [6.45, 7) is 1.91. The van der Waals surface area contributed by atoms with Crippen LogP contribution in [0.2, 0.25) is 0 Å². The van der Waals surface area contributed by atoms with Gasteiger partial charge in [-0.3, -0.25) is 0 Å². The minimum absolute atomic E-state index is 0.0683. The Morgan fingerprint density at radius 2 is 1.93 bits per heavy atom. The van der Waals surface area contributed by atoms with Crippen LogP contribution in [0.3, 0.4) is 0 Å². The molecule has 0 amide bonds. The Labute approximate surface area is 97.2 Å². The monoisotopic (exact) mass is 265 g/mol. The summed E-state index contributed by atoms with van der Waals surface area (Å²) in [5, 5.41) is 0. The lowest BCUT2D eigenvalue weighted by Crippen LogP contribution is -2.02. The molecule has 1 unspecified atom stereocenters. The van der Waals surface area contributed by atoms with Crippen LogP contribution in [0.1, 0.15) is 18.7 Å². The van der Waals surface area contributed by atoms with Gasteiger partial charge in [0.25, 0.3) is 0 Å². The van der Waals surface area contributed by atoms with Crippen LogP contribution in [0.4, 0.5) is 0 Å². The van der Waals surface area contributed by atoms with Crippen LogP contribution in [0, 0.1) is 0 Å². The van der Waals surface area contributed by atoms with Gasteiger partial charge in [0, 0.05) is 10.0 Å². The summed E-state index contributed by atoms with van der Waals surface area (Å²) < 4.78 is 6.68. The van der Waals surface area contributed by atoms with E-state index >= 15 is 0 Å². The zero-order chi connectivity index (χ0) is 10.8. The molecule has 3 heteroatoms. The smallest absolute Gasteiger partial charge is 0.135 e. The van der Waals surface area contributed by atoms with E-state index in [1.54, 1.807) is 0 Å². The molecule has 0 radical (unpaired) electrons. The van der Waals surface area contributed by atoms with E-state index in [1.165, 1.54) is 0 Å². The maximum absolute atomic E-state index is 5.74. The lowest BCUT2D eigenvalue weighted by Gasteiger charge is -2.01. The van der Waals surface area contributed by atoms with Crippen molar-refractivity contribution in [2.75, 3.05) is 0 Å². The lowest BCUT2D eigenvalue weighted by molar-refractivity contribution is 0.491. The van der Waals surface area contributed by atoms with Gasteiger partial charge in [-0.1, -0.05) is 34.1 Å². The fourth-order valence-corrected chi connectivity index (χ4v) is 1.88. The highest BCUT2D eigenvalue weighted by atomic mass is 79.9. The van der Waals surface area contributed by atoms with E-state index in [1.807, 2.05) is 43.3 Å². The molecule has 0 aliphatic rings. The van der Waals surface area contributed by atoms with Gasteiger partial charge in [0.1, 0.15) is 11.5 Å². The first-order chi connectivity index (χ1) is 7.18. The summed E-state index contributed by atoms with van der Waals surface area (Å²) >= 11 is 3.49. The zero-order valence-electron chi connectivity index (χ0n) is 8.41. The van der Waals surface area contributed by atoms with Crippen molar-refractivity contribution in [1.29, 1.82) is 0 Å². The third-order valence-electron chi connectivity index (χ3n) is 2.21. The van der Waals surface area contributed by atoms with E-state index in [2.05, 4.69) is 15.9 Å². The second kappa shape index (κ2) is 4.21. The molecule has 0 saturated heterocycles. The van der Waals surface area contributed by atoms with E-state index in [0.29, 0.717) is 0 Å². The Morgan fingerprint density at radius 3 is 2.53 bits per heavy atom. The van der Waals surface area contributed by atoms with E-state index in [0.717, 1.165) is 21.6 Å². The van der Waals surface area contributed by atoms with Crippen molar-refractivity contribution in [2.24, 2.45) is 5.73 Å². The molecule has 1 atom stereocenters. The van der Waals surface area contributed by atoms with Crippen LogP contribution >= 0.6 is 15.9 Å². The molecule has 0 aliphatic carbocycles. The second-order valence-corrected chi connectivity index (χ2v) is 4.32. The average Bonchev–Trinajstić information content (AvgIpc) is 2.67. The predicted molar refractivity (Wildman–Crippen MR) is 64.4 cm³/mol. The van der Waals surface area contributed by atoms with Crippen molar-refractivity contribution in [3.05, 3.63) is 46.6 Å². The molecule has 2 nitrogen and oxygen atoms in total. The van der Waals surface area contributed by atoms with Crippen molar-refractivity contribution in [3.8, 4) is 11.3 Å². The molecule has 1 aromatic heterocycles. The van der Waals surface area contributed by atoms with Gasteiger partial charge in [-0.15, -0.1) is 0 Å². The van der Waals surface area contributed by atoms with Gasteiger partial charge in [0.2, 0.25) is 0 Å². The lowest BCUT2D eigenvalue weighted by atomic mass is 10.2. The van der Waals surface area contributed by atoms with Crippen LogP contribution in [0.5, 0.6) is 0 Å². The molecule has 78 valence electrons. The number of furan rings is 1. The number of hydrogen-bond acceptors (Lipinski definition) is 2. The summed E-state index contributed by atoms with van der Waals surface area (Å²) in [4.78, 5) is 0. The highest BCUT2D eigenvalue weighted by molar-refractivity contribution is 9.10. The average molecular weight is 266 g/mol. The molecule has 15 heavy (non-hydrogen) atoms. The van der Waals surface area contributed by atoms with Crippen LogP contribution in [0.15, 0.2) is 45.3 Å². The second-order valence-electron chi connectivity index (χ2n) is 3.47. The Hall–Kier alpha value is -1.06. The summed E-state index contributed by atoms with van der Waals surface area (Å²) in [6.07, 6.45) is 0. The highest BCUT2D eigenvalue weighted by Gasteiger charge is 2.09. The summed E-state index contributed by atoms with van der Waals surface area (Å²) in [5.74, 6) is 1.65. The third-order valence-corrected chi connectivity index (χ3v) is 2.91. The van der Waals surface area contributed by atoms with E-state index in [-0.39, 0.29) is 6.04 Å². The van der Waals surface area contributed by atoms with Crippen LogP contribution in [-0.2, 0) is 0 Å². The van der Waals surface area contributed by atoms with Crippen LogP contribution < -0.4 is 5.73 Å². The van der Waals surface area contributed by atoms with Gasteiger partial charge in [0.05, 0.1) is 6.04 Å².